The lowest BCUT2D eigenvalue weighted by Gasteiger charge is -2.35. The summed E-state index contributed by atoms with van der Waals surface area (Å²) in [6, 6.07) is 2.75. The first-order valence-electron chi connectivity index (χ1n) is 7.36. The maximum atomic E-state index is 4.34. The summed E-state index contributed by atoms with van der Waals surface area (Å²) in [7, 11) is 0. The van der Waals surface area contributed by atoms with Gasteiger partial charge in [-0.2, -0.15) is 0 Å². The molecule has 1 saturated heterocycles. The number of piperazine rings is 1. The van der Waals surface area contributed by atoms with Gasteiger partial charge in [-0.3, -0.25) is 9.88 Å². The maximum absolute atomic E-state index is 4.34. The molecule has 1 aliphatic heterocycles. The fourth-order valence-electron chi connectivity index (χ4n) is 2.75. The summed E-state index contributed by atoms with van der Waals surface area (Å²) < 4.78 is 1.08. The fourth-order valence-corrected chi connectivity index (χ4v) is 3.13. The van der Waals surface area contributed by atoms with Gasteiger partial charge in [0.1, 0.15) is 0 Å². The third-order valence-corrected chi connectivity index (χ3v) is 4.22. The number of rotatable bonds is 6. The van der Waals surface area contributed by atoms with Gasteiger partial charge in [0, 0.05) is 49.1 Å². The minimum absolute atomic E-state index is 0.527. The summed E-state index contributed by atoms with van der Waals surface area (Å²) in [5.74, 6) is 0. The van der Waals surface area contributed by atoms with Crippen LogP contribution >= 0.6 is 15.9 Å². The van der Waals surface area contributed by atoms with E-state index in [0.717, 1.165) is 30.7 Å². The molecule has 1 aromatic rings. The molecule has 0 unspecified atom stereocenters. The van der Waals surface area contributed by atoms with Crippen molar-refractivity contribution in [2.24, 2.45) is 0 Å². The van der Waals surface area contributed by atoms with Crippen LogP contribution in [0.25, 0.3) is 0 Å². The van der Waals surface area contributed by atoms with Crippen LogP contribution < -0.4 is 5.32 Å². The van der Waals surface area contributed by atoms with Crippen LogP contribution in [0.3, 0.4) is 0 Å². The topological polar surface area (TPSA) is 28.2 Å². The van der Waals surface area contributed by atoms with Gasteiger partial charge in [-0.25, -0.2) is 0 Å². The molecule has 106 valence electrons. The summed E-state index contributed by atoms with van der Waals surface area (Å²) in [6.45, 7) is 6.75. The highest BCUT2D eigenvalue weighted by molar-refractivity contribution is 9.10. The van der Waals surface area contributed by atoms with E-state index in [-0.39, 0.29) is 0 Å². The summed E-state index contributed by atoms with van der Waals surface area (Å²) in [5, 5.41) is 3.43. The van der Waals surface area contributed by atoms with Crippen molar-refractivity contribution in [2.45, 2.75) is 38.6 Å². The zero-order valence-corrected chi connectivity index (χ0v) is 13.3. The number of pyridine rings is 1. The van der Waals surface area contributed by atoms with E-state index in [9.17, 15) is 0 Å². The van der Waals surface area contributed by atoms with Crippen molar-refractivity contribution in [2.75, 3.05) is 26.2 Å². The van der Waals surface area contributed by atoms with E-state index < -0.39 is 0 Å². The Labute approximate surface area is 124 Å². The van der Waals surface area contributed by atoms with E-state index >= 15 is 0 Å². The second kappa shape index (κ2) is 7.98. The molecule has 0 saturated carbocycles. The molecular formula is C15H24BrN3. The summed E-state index contributed by atoms with van der Waals surface area (Å²) in [5.41, 5.74) is 1.35. The van der Waals surface area contributed by atoms with Crippen LogP contribution in [-0.2, 0) is 0 Å². The van der Waals surface area contributed by atoms with Crippen LogP contribution in [0.1, 0.15) is 44.2 Å². The molecule has 0 aromatic carbocycles. The molecule has 0 spiro atoms. The summed E-state index contributed by atoms with van der Waals surface area (Å²) >= 11 is 3.54. The van der Waals surface area contributed by atoms with Crippen molar-refractivity contribution in [3.05, 3.63) is 28.5 Å². The Morgan fingerprint density at radius 1 is 1.32 bits per heavy atom. The number of hydrogen-bond acceptors (Lipinski definition) is 3. The Morgan fingerprint density at radius 2 is 2.11 bits per heavy atom. The van der Waals surface area contributed by atoms with Crippen molar-refractivity contribution in [3.63, 3.8) is 0 Å². The molecule has 0 radical (unpaired) electrons. The second-order valence-corrected chi connectivity index (χ2v) is 6.15. The predicted octanol–water partition coefficient (Wildman–Crippen LogP) is 3.37. The minimum atomic E-state index is 0.527. The van der Waals surface area contributed by atoms with Crippen LogP contribution in [0.5, 0.6) is 0 Å². The van der Waals surface area contributed by atoms with E-state index in [1.54, 1.807) is 0 Å². The number of aromatic nitrogens is 1. The van der Waals surface area contributed by atoms with Gasteiger partial charge in [0.25, 0.3) is 0 Å². The number of unbranched alkanes of at least 4 members (excludes halogenated alkanes) is 2. The van der Waals surface area contributed by atoms with Gasteiger partial charge in [0.2, 0.25) is 0 Å². The Hall–Kier alpha value is -0.450. The average molecular weight is 326 g/mol. The number of hydrogen-bond donors (Lipinski definition) is 1. The van der Waals surface area contributed by atoms with E-state index in [1.807, 2.05) is 12.4 Å². The van der Waals surface area contributed by atoms with Gasteiger partial charge in [0.05, 0.1) is 0 Å². The molecule has 1 aromatic heterocycles. The maximum Gasteiger partial charge on any atom is 0.0410 e. The molecule has 1 N–H and O–H groups in total. The van der Waals surface area contributed by atoms with Crippen molar-refractivity contribution in [1.82, 2.24) is 15.2 Å². The quantitative estimate of drug-likeness (QED) is 0.813. The molecule has 0 amide bonds. The molecule has 2 heterocycles. The molecule has 19 heavy (non-hydrogen) atoms. The lowest BCUT2D eigenvalue weighted by Crippen LogP contribution is -2.45. The van der Waals surface area contributed by atoms with Gasteiger partial charge in [-0.05, 0) is 34.0 Å². The van der Waals surface area contributed by atoms with Crippen molar-refractivity contribution < 1.29 is 0 Å². The monoisotopic (exact) mass is 325 g/mol. The highest BCUT2D eigenvalue weighted by atomic mass is 79.9. The lowest BCUT2D eigenvalue weighted by atomic mass is 9.99. The molecular weight excluding hydrogens is 302 g/mol. The Kier molecular flexibility index (Phi) is 6.28. The van der Waals surface area contributed by atoms with Crippen molar-refractivity contribution >= 4 is 15.9 Å². The molecule has 0 bridgehead atoms. The normalized spacial score (nSPS) is 18.4. The first-order chi connectivity index (χ1) is 9.31. The summed E-state index contributed by atoms with van der Waals surface area (Å²) in [6.07, 6.45) is 9.05. The van der Waals surface area contributed by atoms with Gasteiger partial charge in [0.15, 0.2) is 0 Å². The minimum Gasteiger partial charge on any atom is -0.314 e. The molecule has 1 aliphatic rings. The highest BCUT2D eigenvalue weighted by Gasteiger charge is 2.22. The van der Waals surface area contributed by atoms with Gasteiger partial charge in [-0.15, -0.1) is 0 Å². The van der Waals surface area contributed by atoms with E-state index in [2.05, 4.69) is 44.1 Å². The van der Waals surface area contributed by atoms with E-state index in [0.29, 0.717) is 6.04 Å². The SMILES string of the molecule is CCCCC[C@H](c1cncc(Br)c1)N1CCNCC1. The molecule has 0 aliphatic carbocycles. The molecule has 4 heteroatoms. The van der Waals surface area contributed by atoms with Crippen LogP contribution in [-0.4, -0.2) is 36.1 Å². The van der Waals surface area contributed by atoms with E-state index in [1.165, 1.54) is 31.2 Å². The Bertz CT molecular complexity index is 377. The second-order valence-electron chi connectivity index (χ2n) is 5.23. The third-order valence-electron chi connectivity index (χ3n) is 3.78. The molecule has 1 atom stereocenters. The number of nitrogens with one attached hydrogen (secondary N) is 1. The highest BCUT2D eigenvalue weighted by Crippen LogP contribution is 2.28. The zero-order chi connectivity index (χ0) is 13.5. The first kappa shape index (κ1) is 14.9. The molecule has 1 fully saturated rings. The van der Waals surface area contributed by atoms with Crippen LogP contribution in [0, 0.1) is 0 Å². The Balaban J connectivity index is 2.08. The zero-order valence-electron chi connectivity index (χ0n) is 11.7. The third kappa shape index (κ3) is 4.55. The van der Waals surface area contributed by atoms with Crippen LogP contribution in [0.15, 0.2) is 22.9 Å². The van der Waals surface area contributed by atoms with Crippen LogP contribution in [0.2, 0.25) is 0 Å². The van der Waals surface area contributed by atoms with Gasteiger partial charge in [-0.1, -0.05) is 26.2 Å². The summed E-state index contributed by atoms with van der Waals surface area (Å²) in [4.78, 5) is 6.95. The fraction of sp³-hybridized carbons (Fsp3) is 0.667. The Morgan fingerprint density at radius 3 is 2.79 bits per heavy atom. The molecule has 2 rings (SSSR count). The van der Waals surface area contributed by atoms with E-state index in [4.69, 9.17) is 0 Å². The first-order valence-corrected chi connectivity index (χ1v) is 8.15. The lowest BCUT2D eigenvalue weighted by molar-refractivity contribution is 0.162. The average Bonchev–Trinajstić information content (AvgIpc) is 2.45. The van der Waals surface area contributed by atoms with Gasteiger partial charge < -0.3 is 5.32 Å². The van der Waals surface area contributed by atoms with Crippen LogP contribution in [0.4, 0.5) is 0 Å². The van der Waals surface area contributed by atoms with Crippen molar-refractivity contribution in [3.8, 4) is 0 Å². The standard InChI is InChI=1S/C15H24BrN3/c1-2-3-4-5-15(19-8-6-17-7-9-19)13-10-14(16)12-18-11-13/h10-12,15,17H,2-9H2,1H3/t15-/m1/s1. The van der Waals surface area contributed by atoms with Crippen molar-refractivity contribution in [1.29, 1.82) is 0 Å². The molecule has 3 nitrogen and oxygen atoms in total. The van der Waals surface area contributed by atoms with Gasteiger partial charge >= 0.3 is 0 Å². The largest absolute Gasteiger partial charge is 0.314 e. The predicted molar refractivity (Wildman–Crippen MR) is 83.3 cm³/mol. The smallest absolute Gasteiger partial charge is 0.0410 e. The number of halogens is 1. The number of nitrogens with zero attached hydrogens (tertiary/aromatic N) is 2.